The highest BCUT2D eigenvalue weighted by molar-refractivity contribution is 5.96. The molecule has 2 aromatic heterocycles. The standard InChI is InChI=1S/C33H42N4O7/c1-7-42-30(39)18-35-31(40)24-11-14-28-23(16-24)10-13-26(43-28)19-36(32(41)44-33(4,5)6)20-27(38)25-12-15-29(34-17-25)37-21(2)8-9-22(37)3/h8-9,11-12,14-17,26-27,38H,7,10,13,18-20H2,1-6H3,(H,35,40)/t26-,27?/m1/s1. The van der Waals surface area contributed by atoms with Crippen LogP contribution in [-0.2, 0) is 20.7 Å². The Morgan fingerprint density at radius 2 is 1.86 bits per heavy atom. The number of hydrogen-bond donors (Lipinski definition) is 2. The number of carbonyl (C=O) groups excluding carboxylic acids is 3. The first kappa shape index (κ1) is 32.5. The monoisotopic (exact) mass is 606 g/mol. The number of aliphatic hydroxyl groups excluding tert-OH is 1. The van der Waals surface area contributed by atoms with Crippen LogP contribution in [0.5, 0.6) is 5.75 Å². The molecule has 3 heterocycles. The fraction of sp³-hybridized carbons (Fsp3) is 0.455. The van der Waals surface area contributed by atoms with Crippen LogP contribution < -0.4 is 10.1 Å². The summed E-state index contributed by atoms with van der Waals surface area (Å²) in [4.78, 5) is 43.4. The Balaban J connectivity index is 1.43. The number of pyridine rings is 1. The molecule has 236 valence electrons. The number of esters is 1. The zero-order chi connectivity index (χ0) is 32.0. The molecule has 1 aliphatic rings. The number of aryl methyl sites for hydroxylation is 3. The van der Waals surface area contributed by atoms with Crippen LogP contribution in [-0.4, -0.2) is 75.5 Å². The first-order valence-corrected chi connectivity index (χ1v) is 14.8. The number of hydrogen-bond acceptors (Lipinski definition) is 8. The predicted octanol–water partition coefficient (Wildman–Crippen LogP) is 4.45. The van der Waals surface area contributed by atoms with E-state index in [9.17, 15) is 19.5 Å². The number of fused-ring (bicyclic) bond motifs is 1. The lowest BCUT2D eigenvalue weighted by Gasteiger charge is -2.33. The molecule has 11 heteroatoms. The van der Waals surface area contributed by atoms with Gasteiger partial charge in [-0.3, -0.25) is 9.59 Å². The third-order valence-electron chi connectivity index (χ3n) is 7.18. The average molecular weight is 607 g/mol. The molecule has 0 fully saturated rings. The van der Waals surface area contributed by atoms with Crippen LogP contribution in [0.25, 0.3) is 5.82 Å². The lowest BCUT2D eigenvalue weighted by atomic mass is 9.99. The van der Waals surface area contributed by atoms with E-state index in [-0.39, 0.29) is 38.3 Å². The molecular formula is C33H42N4O7. The minimum Gasteiger partial charge on any atom is -0.488 e. The van der Waals surface area contributed by atoms with Gasteiger partial charge in [0.2, 0.25) is 0 Å². The van der Waals surface area contributed by atoms with Gasteiger partial charge in [-0.15, -0.1) is 0 Å². The van der Waals surface area contributed by atoms with E-state index in [0.717, 1.165) is 22.8 Å². The van der Waals surface area contributed by atoms with E-state index in [4.69, 9.17) is 14.2 Å². The van der Waals surface area contributed by atoms with Crippen molar-refractivity contribution < 1.29 is 33.7 Å². The quantitative estimate of drug-likeness (QED) is 0.324. The molecule has 2 N–H and O–H groups in total. The van der Waals surface area contributed by atoms with Gasteiger partial charge in [-0.05, 0) is 96.3 Å². The van der Waals surface area contributed by atoms with Gasteiger partial charge < -0.3 is 34.1 Å². The third-order valence-corrected chi connectivity index (χ3v) is 7.18. The Hall–Kier alpha value is -4.38. The Morgan fingerprint density at radius 3 is 2.50 bits per heavy atom. The van der Waals surface area contributed by atoms with Crippen LogP contribution in [0.3, 0.4) is 0 Å². The number of benzene rings is 1. The minimum absolute atomic E-state index is 0.0101. The lowest BCUT2D eigenvalue weighted by molar-refractivity contribution is -0.141. The molecule has 1 unspecified atom stereocenters. The van der Waals surface area contributed by atoms with Crippen molar-refractivity contribution in [2.24, 2.45) is 0 Å². The van der Waals surface area contributed by atoms with Gasteiger partial charge in [0, 0.05) is 28.7 Å². The van der Waals surface area contributed by atoms with Crippen molar-refractivity contribution in [3.05, 3.63) is 76.7 Å². The van der Waals surface area contributed by atoms with Crippen molar-refractivity contribution in [2.45, 2.75) is 72.2 Å². The van der Waals surface area contributed by atoms with Crippen molar-refractivity contribution in [1.29, 1.82) is 0 Å². The molecule has 2 atom stereocenters. The van der Waals surface area contributed by atoms with Crippen LogP contribution >= 0.6 is 0 Å². The molecule has 1 aromatic carbocycles. The average Bonchev–Trinajstić information content (AvgIpc) is 3.31. The molecule has 0 radical (unpaired) electrons. The number of rotatable bonds is 10. The summed E-state index contributed by atoms with van der Waals surface area (Å²) in [6.07, 6.45) is 0.922. The second-order valence-corrected chi connectivity index (χ2v) is 11.9. The molecule has 2 amide bonds. The van der Waals surface area contributed by atoms with E-state index in [2.05, 4.69) is 10.3 Å². The number of amides is 2. The molecular weight excluding hydrogens is 564 g/mol. The van der Waals surface area contributed by atoms with E-state index in [0.29, 0.717) is 29.7 Å². The van der Waals surface area contributed by atoms with Crippen LogP contribution in [0.2, 0.25) is 0 Å². The van der Waals surface area contributed by atoms with Crippen molar-refractivity contribution in [3.63, 3.8) is 0 Å². The summed E-state index contributed by atoms with van der Waals surface area (Å²) in [5.74, 6) is 0.483. The molecule has 0 saturated heterocycles. The Kier molecular flexibility index (Phi) is 10.3. The maximum absolute atomic E-state index is 13.2. The highest BCUT2D eigenvalue weighted by Crippen LogP contribution is 2.30. The first-order valence-electron chi connectivity index (χ1n) is 14.8. The zero-order valence-electron chi connectivity index (χ0n) is 26.3. The zero-order valence-corrected chi connectivity index (χ0v) is 26.3. The maximum atomic E-state index is 13.2. The largest absolute Gasteiger partial charge is 0.488 e. The number of nitrogens with one attached hydrogen (secondary N) is 1. The van der Waals surface area contributed by atoms with Gasteiger partial charge in [-0.1, -0.05) is 6.07 Å². The number of aromatic nitrogens is 2. The summed E-state index contributed by atoms with van der Waals surface area (Å²) in [6.45, 7) is 11.3. The lowest BCUT2D eigenvalue weighted by Crippen LogP contribution is -2.45. The number of carbonyl (C=O) groups is 3. The summed E-state index contributed by atoms with van der Waals surface area (Å²) < 4.78 is 18.8. The second kappa shape index (κ2) is 13.9. The van der Waals surface area contributed by atoms with Gasteiger partial charge in [-0.2, -0.15) is 0 Å². The maximum Gasteiger partial charge on any atom is 0.410 e. The highest BCUT2D eigenvalue weighted by atomic mass is 16.6. The van der Waals surface area contributed by atoms with Gasteiger partial charge >= 0.3 is 12.1 Å². The number of ether oxygens (including phenoxy) is 3. The number of aliphatic hydroxyl groups is 1. The topological polar surface area (TPSA) is 132 Å². The molecule has 1 aliphatic heterocycles. The van der Waals surface area contributed by atoms with Crippen molar-refractivity contribution in [3.8, 4) is 11.6 Å². The van der Waals surface area contributed by atoms with Crippen LogP contribution in [0.4, 0.5) is 4.79 Å². The predicted molar refractivity (Wildman–Crippen MR) is 164 cm³/mol. The third kappa shape index (κ3) is 8.37. The fourth-order valence-corrected chi connectivity index (χ4v) is 5.05. The molecule has 44 heavy (non-hydrogen) atoms. The van der Waals surface area contributed by atoms with E-state index >= 15 is 0 Å². The molecule has 0 spiro atoms. The highest BCUT2D eigenvalue weighted by Gasteiger charge is 2.30. The fourth-order valence-electron chi connectivity index (χ4n) is 5.05. The molecule has 0 aliphatic carbocycles. The van der Waals surface area contributed by atoms with Gasteiger partial charge in [0.15, 0.2) is 0 Å². The first-order chi connectivity index (χ1) is 20.8. The second-order valence-electron chi connectivity index (χ2n) is 11.9. The van der Waals surface area contributed by atoms with Gasteiger partial charge in [0.1, 0.15) is 29.8 Å². The van der Waals surface area contributed by atoms with E-state index in [1.54, 1.807) is 52.1 Å². The SMILES string of the molecule is CCOC(=O)CNC(=O)c1ccc2c(c1)CC[C@H](CN(CC(O)c1ccc(-n3c(C)ccc3C)nc1)C(=O)OC(C)(C)C)O2. The van der Waals surface area contributed by atoms with Crippen LogP contribution in [0.15, 0.2) is 48.7 Å². The van der Waals surface area contributed by atoms with Crippen LogP contribution in [0, 0.1) is 13.8 Å². The van der Waals surface area contributed by atoms with E-state index < -0.39 is 23.8 Å². The van der Waals surface area contributed by atoms with E-state index in [1.165, 1.54) is 4.90 Å². The van der Waals surface area contributed by atoms with E-state index in [1.807, 2.05) is 42.7 Å². The normalized spacial score (nSPS) is 15.0. The van der Waals surface area contributed by atoms with Gasteiger partial charge in [0.25, 0.3) is 5.91 Å². The summed E-state index contributed by atoms with van der Waals surface area (Å²) >= 11 is 0. The Morgan fingerprint density at radius 1 is 1.14 bits per heavy atom. The minimum atomic E-state index is -0.998. The smallest absolute Gasteiger partial charge is 0.410 e. The van der Waals surface area contributed by atoms with Gasteiger partial charge in [-0.25, -0.2) is 9.78 Å². The summed E-state index contributed by atoms with van der Waals surface area (Å²) in [5, 5.41) is 13.7. The summed E-state index contributed by atoms with van der Waals surface area (Å²) in [7, 11) is 0. The van der Waals surface area contributed by atoms with Gasteiger partial charge in [0.05, 0.1) is 25.8 Å². The molecule has 11 nitrogen and oxygen atoms in total. The van der Waals surface area contributed by atoms with Crippen molar-refractivity contribution >= 4 is 18.0 Å². The van der Waals surface area contributed by atoms with Crippen molar-refractivity contribution in [1.82, 2.24) is 19.8 Å². The molecule has 0 saturated carbocycles. The van der Waals surface area contributed by atoms with Crippen LogP contribution in [0.1, 0.15) is 73.1 Å². The van der Waals surface area contributed by atoms with Crippen molar-refractivity contribution in [2.75, 3.05) is 26.2 Å². The molecule has 0 bridgehead atoms. The molecule has 3 aromatic rings. The summed E-state index contributed by atoms with van der Waals surface area (Å²) in [5.41, 5.74) is 3.24. The molecule has 4 rings (SSSR count). The Bertz CT molecular complexity index is 1460. The Labute approximate surface area is 258 Å². The number of nitrogens with zero attached hydrogens (tertiary/aromatic N) is 3. The summed E-state index contributed by atoms with van der Waals surface area (Å²) in [6, 6.07) is 12.8.